The maximum Gasteiger partial charge on any atom is 0.309 e. The van der Waals surface area contributed by atoms with Gasteiger partial charge in [-0.15, -0.1) is 5.50 Å². The number of hydrogen-bond acceptors (Lipinski definition) is 2. The van der Waals surface area contributed by atoms with E-state index in [-0.39, 0.29) is 10.8 Å². The fourth-order valence-electron chi connectivity index (χ4n) is 0. The molecular formula is H2NO2PS. The summed E-state index contributed by atoms with van der Waals surface area (Å²) in [5.41, 5.74) is 4.45. The Labute approximate surface area is 33.4 Å². The van der Waals surface area contributed by atoms with Crippen molar-refractivity contribution < 1.29 is 9.10 Å². The van der Waals surface area contributed by atoms with Crippen molar-refractivity contribution in [1.29, 1.82) is 0 Å². The van der Waals surface area contributed by atoms with Gasteiger partial charge in [0.05, 0.1) is 0 Å². The molecule has 0 spiro atoms. The molecule has 30 valence electrons. The zero-order valence-electron chi connectivity index (χ0n) is 2.25. The molecule has 0 aliphatic carbocycles. The second-order valence-corrected chi connectivity index (χ2v) is 2.61. The predicted octanol–water partition coefficient (Wildman–Crippen LogP) is -1.25. The summed E-state index contributed by atoms with van der Waals surface area (Å²) in [4.78, 5) is 9.39. The molecule has 0 amide bonds. The van der Waals surface area contributed by atoms with E-state index in [9.17, 15) is 4.89 Å². The van der Waals surface area contributed by atoms with Crippen molar-refractivity contribution >= 4 is 17.9 Å². The van der Waals surface area contributed by atoms with Crippen LogP contribution in [0, 0.1) is 0 Å². The third-order valence-corrected chi connectivity index (χ3v) is 0.661. The molecule has 1 atom stereocenters. The predicted molar refractivity (Wildman–Crippen MR) is 19.2 cm³/mol. The first-order valence-corrected chi connectivity index (χ1v) is 3.47. The largest absolute Gasteiger partial charge is 0.601 e. The first kappa shape index (κ1) is 5.24. The van der Waals surface area contributed by atoms with E-state index in [1.54, 1.807) is 0 Å². The Morgan fingerprint density at radius 1 is 2.00 bits per heavy atom. The lowest BCUT2D eigenvalue weighted by atomic mass is 13.9. The monoisotopic (exact) mass is 111 g/mol. The van der Waals surface area contributed by atoms with E-state index in [0.717, 1.165) is 0 Å². The summed E-state index contributed by atoms with van der Waals surface area (Å²) in [6.45, 7) is 0. The molecule has 2 N–H and O–H groups in total. The van der Waals surface area contributed by atoms with Crippen LogP contribution in [0.2, 0.25) is 0 Å². The smallest absolute Gasteiger partial charge is 0.309 e. The third kappa shape index (κ3) is 4.24. The summed E-state index contributed by atoms with van der Waals surface area (Å²) in [6, 6.07) is 0. The molecule has 0 heterocycles. The van der Waals surface area contributed by atoms with E-state index in [4.69, 9.17) is 4.21 Å². The summed E-state index contributed by atoms with van der Waals surface area (Å²) >= 11 is 0. The van der Waals surface area contributed by atoms with Gasteiger partial charge in [0.25, 0.3) is 7.07 Å². The first-order valence-electron chi connectivity index (χ1n) is 0.790. The molecule has 0 saturated heterocycles. The molecule has 1 unspecified atom stereocenters. The molecule has 0 bridgehead atoms. The van der Waals surface area contributed by atoms with Crippen LogP contribution < -0.4 is 10.4 Å². The Balaban J connectivity index is 3.60. The molecule has 0 aromatic heterocycles. The van der Waals surface area contributed by atoms with Crippen molar-refractivity contribution in [2.24, 2.45) is 5.50 Å². The molecule has 3 nitrogen and oxygen atoms in total. The van der Waals surface area contributed by atoms with Gasteiger partial charge in [0.15, 0.2) is 0 Å². The zero-order valence-corrected chi connectivity index (χ0v) is 3.96. The van der Waals surface area contributed by atoms with Crippen LogP contribution >= 0.6 is 7.07 Å². The normalized spacial score (nSPS) is 10.4. The summed E-state index contributed by atoms with van der Waals surface area (Å²) in [5, 5.41) is 0. The van der Waals surface area contributed by atoms with Crippen molar-refractivity contribution in [3.63, 3.8) is 0 Å². The maximum atomic E-state index is 9.39. The van der Waals surface area contributed by atoms with Crippen LogP contribution in [0.1, 0.15) is 0 Å². The van der Waals surface area contributed by atoms with E-state index < -0.39 is 7.07 Å². The molecule has 0 aromatic carbocycles. The lowest BCUT2D eigenvalue weighted by molar-refractivity contribution is -0.152. The van der Waals surface area contributed by atoms with E-state index in [0.29, 0.717) is 0 Å². The molecule has 5 heteroatoms. The van der Waals surface area contributed by atoms with Crippen LogP contribution in [0.25, 0.3) is 0 Å². The van der Waals surface area contributed by atoms with E-state index >= 15 is 0 Å². The van der Waals surface area contributed by atoms with Crippen LogP contribution in [-0.2, 0) is 10.8 Å². The van der Waals surface area contributed by atoms with Gasteiger partial charge < -0.3 is 4.89 Å². The van der Waals surface area contributed by atoms with Gasteiger partial charge in [0.2, 0.25) is 0 Å². The van der Waals surface area contributed by atoms with Gasteiger partial charge in [-0.1, -0.05) is 0 Å². The lowest BCUT2D eigenvalue weighted by Crippen LogP contribution is -1.92. The highest BCUT2D eigenvalue weighted by atomic mass is 32.5. The fraction of sp³-hybridized carbons (Fsp3) is 0. The average Bonchev–Trinajstić information content (AvgIpc) is 1.38. The van der Waals surface area contributed by atoms with Gasteiger partial charge in [-0.25, -0.2) is 0 Å². The number of hydrogen-bond donors (Lipinski definition) is 1. The molecule has 0 aliphatic heterocycles. The number of nitrogens with two attached hydrogens (primary N) is 1. The summed E-state index contributed by atoms with van der Waals surface area (Å²) < 4.78 is 9.14. The van der Waals surface area contributed by atoms with Crippen LogP contribution in [0.15, 0.2) is 0 Å². The highest BCUT2D eigenvalue weighted by molar-refractivity contribution is 8.04. The van der Waals surface area contributed by atoms with Crippen LogP contribution in [0.4, 0.5) is 0 Å². The van der Waals surface area contributed by atoms with E-state index in [2.05, 4.69) is 5.50 Å². The Bertz CT molecular complexity index is 69.7. The zero-order chi connectivity index (χ0) is 4.28. The minimum atomic E-state index is -1.99. The van der Waals surface area contributed by atoms with Crippen molar-refractivity contribution in [2.75, 3.05) is 0 Å². The van der Waals surface area contributed by atoms with E-state index in [1.165, 1.54) is 0 Å². The van der Waals surface area contributed by atoms with Crippen molar-refractivity contribution in [1.82, 2.24) is 0 Å². The quantitative estimate of drug-likeness (QED) is 0.397. The van der Waals surface area contributed by atoms with Gasteiger partial charge in [0.1, 0.15) is 0 Å². The molecule has 0 aromatic rings. The van der Waals surface area contributed by atoms with Crippen molar-refractivity contribution in [3.8, 4) is 0 Å². The minimum Gasteiger partial charge on any atom is -0.601 e. The Morgan fingerprint density at radius 2 is 2.20 bits per heavy atom. The van der Waals surface area contributed by atoms with Crippen LogP contribution in [0.3, 0.4) is 0 Å². The highest BCUT2D eigenvalue weighted by Crippen LogP contribution is 1.85. The Morgan fingerprint density at radius 3 is 2.20 bits per heavy atom. The summed E-state index contributed by atoms with van der Waals surface area (Å²) in [6.07, 6.45) is 0. The minimum absolute atomic E-state index is 0.0833. The molecule has 0 rings (SSSR count). The Kier molecular flexibility index (Phi) is 2.59. The second kappa shape index (κ2) is 2.48. The first-order chi connectivity index (χ1) is 2.27. The maximum absolute atomic E-state index is 9.39. The molecule has 0 aliphatic rings. The molecule has 0 fully saturated rings. The second-order valence-electron chi connectivity index (χ2n) is 0.360. The van der Waals surface area contributed by atoms with Crippen molar-refractivity contribution in [2.45, 2.75) is 0 Å². The fourth-order valence-corrected chi connectivity index (χ4v) is 0. The van der Waals surface area contributed by atoms with Gasteiger partial charge in [0, 0.05) is 0 Å². The van der Waals surface area contributed by atoms with Crippen LogP contribution in [0.5, 0.6) is 0 Å². The van der Waals surface area contributed by atoms with E-state index in [1.807, 2.05) is 0 Å². The highest BCUT2D eigenvalue weighted by Gasteiger charge is 1.69. The summed E-state index contributed by atoms with van der Waals surface area (Å²) in [5.74, 6) is 0. The molecule has 0 radical (unpaired) electrons. The topological polar surface area (TPSA) is 66.2 Å². The van der Waals surface area contributed by atoms with Crippen molar-refractivity contribution in [3.05, 3.63) is 0 Å². The van der Waals surface area contributed by atoms with Crippen LogP contribution in [-0.4, -0.2) is 4.21 Å². The molecule has 5 heavy (non-hydrogen) atoms. The molecule has 0 saturated carbocycles. The number of rotatable bonds is 0. The standard InChI is InChI=1S/H2NO2PS/c1-4(2)5-3/h1H2. The lowest BCUT2D eigenvalue weighted by Gasteiger charge is -1.66. The Hall–Kier alpha value is 0.240. The van der Waals surface area contributed by atoms with Gasteiger partial charge in [-0.2, -0.15) is 4.21 Å². The third-order valence-electron chi connectivity index (χ3n) is 0.0735. The average molecular weight is 111 g/mol. The molecular weight excluding hydrogens is 109 g/mol. The SMILES string of the molecule is N[P+]([O-])=S=O. The van der Waals surface area contributed by atoms with Gasteiger partial charge in [-0.3, -0.25) is 0 Å². The van der Waals surface area contributed by atoms with Gasteiger partial charge in [-0.05, 0) is 0 Å². The van der Waals surface area contributed by atoms with Gasteiger partial charge >= 0.3 is 10.8 Å². The summed E-state index contributed by atoms with van der Waals surface area (Å²) in [7, 11) is -2.07.